The van der Waals surface area contributed by atoms with Gasteiger partial charge in [-0.2, -0.15) is 0 Å². The van der Waals surface area contributed by atoms with Crippen LogP contribution >= 0.6 is 48.0 Å². The standard InChI is InChI=1S/C10H13Cl2N3.2ClH/c1-15-5-4-13-8(6-15)7-2-3-9(11)14-10(7)12;;/h2-3,8,13H,4-6H2,1H3;2*1H. The van der Waals surface area contributed by atoms with Crippen LogP contribution in [0.4, 0.5) is 0 Å². The molecule has 1 aromatic rings. The molecule has 3 nitrogen and oxygen atoms in total. The number of hydrogen-bond donors (Lipinski definition) is 1. The molecule has 2 heterocycles. The molecule has 1 aliphatic rings. The Morgan fingerprint density at radius 2 is 2.06 bits per heavy atom. The van der Waals surface area contributed by atoms with Crippen molar-refractivity contribution >= 4 is 48.0 Å². The fraction of sp³-hybridized carbons (Fsp3) is 0.500. The molecular weight excluding hydrogens is 304 g/mol. The zero-order chi connectivity index (χ0) is 10.8. The van der Waals surface area contributed by atoms with Crippen molar-refractivity contribution < 1.29 is 0 Å². The molecule has 1 aliphatic heterocycles. The van der Waals surface area contributed by atoms with Crippen molar-refractivity contribution in [2.75, 3.05) is 26.7 Å². The highest BCUT2D eigenvalue weighted by atomic mass is 35.5. The summed E-state index contributed by atoms with van der Waals surface area (Å²) >= 11 is 11.8. The van der Waals surface area contributed by atoms with Gasteiger partial charge >= 0.3 is 0 Å². The number of nitrogens with one attached hydrogen (secondary N) is 1. The summed E-state index contributed by atoms with van der Waals surface area (Å²) in [5, 5.41) is 4.35. The van der Waals surface area contributed by atoms with Crippen molar-refractivity contribution in [3.8, 4) is 0 Å². The summed E-state index contributed by atoms with van der Waals surface area (Å²) < 4.78 is 0. The average molecular weight is 319 g/mol. The van der Waals surface area contributed by atoms with Crippen LogP contribution in [-0.4, -0.2) is 36.6 Å². The van der Waals surface area contributed by atoms with Crippen molar-refractivity contribution in [2.24, 2.45) is 0 Å². The van der Waals surface area contributed by atoms with Gasteiger partial charge < -0.3 is 10.2 Å². The van der Waals surface area contributed by atoms with E-state index in [1.54, 1.807) is 6.07 Å². The number of hydrogen-bond acceptors (Lipinski definition) is 3. The van der Waals surface area contributed by atoms with Gasteiger partial charge in [-0.3, -0.25) is 0 Å². The normalized spacial score (nSPS) is 20.3. The molecule has 1 unspecified atom stereocenters. The molecule has 98 valence electrons. The molecule has 0 aromatic carbocycles. The van der Waals surface area contributed by atoms with Crippen molar-refractivity contribution in [2.45, 2.75) is 6.04 Å². The highest BCUT2D eigenvalue weighted by Crippen LogP contribution is 2.24. The van der Waals surface area contributed by atoms with E-state index in [9.17, 15) is 0 Å². The number of halogens is 4. The van der Waals surface area contributed by atoms with Gasteiger partial charge in [-0.25, -0.2) is 4.98 Å². The van der Waals surface area contributed by atoms with Crippen LogP contribution in [0.15, 0.2) is 12.1 Å². The smallest absolute Gasteiger partial charge is 0.135 e. The van der Waals surface area contributed by atoms with Crippen molar-refractivity contribution in [3.05, 3.63) is 28.0 Å². The minimum Gasteiger partial charge on any atom is -0.307 e. The minimum absolute atomic E-state index is 0. The maximum atomic E-state index is 6.06. The Hall–Kier alpha value is 0.230. The molecule has 2 rings (SSSR count). The van der Waals surface area contributed by atoms with E-state index in [4.69, 9.17) is 23.2 Å². The van der Waals surface area contributed by atoms with Gasteiger partial charge in [-0.05, 0) is 13.1 Å². The second-order valence-electron chi connectivity index (χ2n) is 3.78. The molecule has 1 N–H and O–H groups in total. The monoisotopic (exact) mass is 317 g/mol. The quantitative estimate of drug-likeness (QED) is 0.807. The first-order valence-corrected chi connectivity index (χ1v) is 5.66. The lowest BCUT2D eigenvalue weighted by atomic mass is 10.1. The highest BCUT2D eigenvalue weighted by Gasteiger charge is 2.20. The second-order valence-corrected chi connectivity index (χ2v) is 4.53. The van der Waals surface area contributed by atoms with Gasteiger partial charge in [0.25, 0.3) is 0 Å². The highest BCUT2D eigenvalue weighted by molar-refractivity contribution is 6.32. The van der Waals surface area contributed by atoms with Gasteiger partial charge in [0.2, 0.25) is 0 Å². The predicted octanol–water partition coefficient (Wildman–Crippen LogP) is 2.81. The number of likely N-dealkylation sites (N-methyl/N-ethyl adjacent to an activating group) is 1. The predicted molar refractivity (Wildman–Crippen MR) is 77.0 cm³/mol. The number of rotatable bonds is 1. The van der Waals surface area contributed by atoms with Crippen molar-refractivity contribution in [3.63, 3.8) is 0 Å². The summed E-state index contributed by atoms with van der Waals surface area (Å²) in [4.78, 5) is 6.32. The Kier molecular flexibility index (Phi) is 7.72. The first-order chi connectivity index (χ1) is 7.16. The van der Waals surface area contributed by atoms with Crippen molar-refractivity contribution in [1.82, 2.24) is 15.2 Å². The Labute approximate surface area is 124 Å². The molecule has 17 heavy (non-hydrogen) atoms. The lowest BCUT2D eigenvalue weighted by Crippen LogP contribution is -2.43. The number of nitrogens with zero attached hydrogens (tertiary/aromatic N) is 2. The molecule has 7 heteroatoms. The van der Waals surface area contributed by atoms with Gasteiger partial charge in [0, 0.05) is 31.2 Å². The zero-order valence-corrected chi connectivity index (χ0v) is 12.5. The zero-order valence-electron chi connectivity index (χ0n) is 9.32. The molecule has 1 fully saturated rings. The summed E-state index contributed by atoms with van der Waals surface area (Å²) in [6.45, 7) is 2.98. The maximum absolute atomic E-state index is 6.06. The molecule has 1 atom stereocenters. The van der Waals surface area contributed by atoms with Gasteiger partial charge in [0.1, 0.15) is 10.3 Å². The molecule has 0 spiro atoms. The van der Waals surface area contributed by atoms with Crippen LogP contribution in [0.1, 0.15) is 11.6 Å². The Morgan fingerprint density at radius 1 is 1.35 bits per heavy atom. The SMILES string of the molecule is CN1CCNC(c2ccc(Cl)nc2Cl)C1.Cl.Cl. The van der Waals surface area contributed by atoms with Crippen LogP contribution in [0.25, 0.3) is 0 Å². The van der Waals surface area contributed by atoms with E-state index in [2.05, 4.69) is 22.2 Å². The number of aromatic nitrogens is 1. The molecule has 1 aromatic heterocycles. The van der Waals surface area contributed by atoms with Crippen LogP contribution < -0.4 is 5.32 Å². The van der Waals surface area contributed by atoms with Crippen LogP contribution in [-0.2, 0) is 0 Å². The van der Waals surface area contributed by atoms with E-state index in [1.165, 1.54) is 0 Å². The summed E-state index contributed by atoms with van der Waals surface area (Å²) in [6.07, 6.45) is 0. The summed E-state index contributed by atoms with van der Waals surface area (Å²) in [6, 6.07) is 3.97. The van der Waals surface area contributed by atoms with Crippen molar-refractivity contribution in [1.29, 1.82) is 0 Å². The largest absolute Gasteiger partial charge is 0.307 e. The molecule has 0 radical (unpaired) electrons. The minimum atomic E-state index is 0. The van der Waals surface area contributed by atoms with Crippen LogP contribution in [0.5, 0.6) is 0 Å². The Morgan fingerprint density at radius 3 is 2.65 bits per heavy atom. The summed E-state index contributed by atoms with van der Waals surface area (Å²) in [5.41, 5.74) is 1.02. The maximum Gasteiger partial charge on any atom is 0.135 e. The lowest BCUT2D eigenvalue weighted by Gasteiger charge is -2.31. The Balaban J connectivity index is 0.00000128. The summed E-state index contributed by atoms with van der Waals surface area (Å²) in [5.74, 6) is 0. The van der Waals surface area contributed by atoms with E-state index in [-0.39, 0.29) is 30.9 Å². The van der Waals surface area contributed by atoms with E-state index in [1.807, 2.05) is 6.07 Å². The van der Waals surface area contributed by atoms with E-state index in [0.717, 1.165) is 25.2 Å². The van der Waals surface area contributed by atoms with E-state index >= 15 is 0 Å². The molecule has 0 saturated carbocycles. The Bertz CT molecular complexity index is 361. The number of piperazine rings is 1. The van der Waals surface area contributed by atoms with Gasteiger partial charge in [-0.1, -0.05) is 29.3 Å². The summed E-state index contributed by atoms with van der Waals surface area (Å²) in [7, 11) is 2.10. The number of pyridine rings is 1. The fourth-order valence-electron chi connectivity index (χ4n) is 1.79. The van der Waals surface area contributed by atoms with E-state index < -0.39 is 0 Å². The van der Waals surface area contributed by atoms with E-state index in [0.29, 0.717) is 10.3 Å². The third-order valence-corrected chi connectivity index (χ3v) is 3.11. The third-order valence-electron chi connectivity index (χ3n) is 2.60. The van der Waals surface area contributed by atoms with Crippen LogP contribution in [0, 0.1) is 0 Å². The first kappa shape index (κ1) is 17.2. The second kappa shape index (κ2) is 7.62. The van der Waals surface area contributed by atoms with Crippen LogP contribution in [0.2, 0.25) is 10.3 Å². The van der Waals surface area contributed by atoms with Gasteiger partial charge in [-0.15, -0.1) is 24.8 Å². The van der Waals surface area contributed by atoms with Crippen LogP contribution in [0.3, 0.4) is 0 Å². The molecule has 0 aliphatic carbocycles. The topological polar surface area (TPSA) is 28.2 Å². The molecular formula is C10H15Cl4N3. The van der Waals surface area contributed by atoms with Gasteiger partial charge in [0.05, 0.1) is 0 Å². The molecule has 1 saturated heterocycles. The molecule has 0 bridgehead atoms. The fourth-order valence-corrected chi connectivity index (χ4v) is 2.26. The first-order valence-electron chi connectivity index (χ1n) is 4.90. The third kappa shape index (κ3) is 4.43. The average Bonchev–Trinajstić information content (AvgIpc) is 2.17. The molecule has 0 amide bonds. The van der Waals surface area contributed by atoms with Gasteiger partial charge in [0.15, 0.2) is 0 Å². The lowest BCUT2D eigenvalue weighted by molar-refractivity contribution is 0.240.